The summed E-state index contributed by atoms with van der Waals surface area (Å²) >= 11 is 0. The van der Waals surface area contributed by atoms with Crippen LogP contribution in [-0.4, -0.2) is 0 Å². The van der Waals surface area contributed by atoms with Crippen LogP contribution < -0.4 is 0 Å². The molecule has 0 aliphatic heterocycles. The second kappa shape index (κ2) is 4.38. The zero-order valence-electron chi connectivity index (χ0n) is 7.64. The summed E-state index contributed by atoms with van der Waals surface area (Å²) in [7, 11) is 0. The lowest BCUT2D eigenvalue weighted by Crippen LogP contribution is -1.98. The normalized spacial score (nSPS) is 23.5. The number of allylic oxidation sites excluding steroid dienone is 4. The van der Waals surface area contributed by atoms with Gasteiger partial charge in [-0.15, -0.1) is 0 Å². The number of hydrogen-bond donors (Lipinski definition) is 0. The van der Waals surface area contributed by atoms with E-state index in [-0.39, 0.29) is 0 Å². The van der Waals surface area contributed by atoms with Gasteiger partial charge in [0.05, 0.1) is 0 Å². The molecule has 1 aliphatic carbocycles. The summed E-state index contributed by atoms with van der Waals surface area (Å²) in [5.41, 5.74) is 1.55. The van der Waals surface area contributed by atoms with Gasteiger partial charge in [-0.1, -0.05) is 44.1 Å². The first-order valence-electron chi connectivity index (χ1n) is 4.74. The lowest BCUT2D eigenvalue weighted by Gasteiger charge is -2.13. The summed E-state index contributed by atoms with van der Waals surface area (Å²) < 4.78 is 0. The van der Waals surface area contributed by atoms with Crippen molar-refractivity contribution in [2.75, 3.05) is 0 Å². The summed E-state index contributed by atoms with van der Waals surface area (Å²) in [6.07, 6.45) is 12.1. The SMILES string of the molecule is CCCC1=CC(CC)CC=C1. The second-order valence-corrected chi connectivity index (χ2v) is 3.30. The zero-order chi connectivity index (χ0) is 8.10. The van der Waals surface area contributed by atoms with Gasteiger partial charge in [-0.3, -0.25) is 0 Å². The van der Waals surface area contributed by atoms with E-state index in [0.717, 1.165) is 5.92 Å². The minimum absolute atomic E-state index is 0.821. The van der Waals surface area contributed by atoms with Crippen LogP contribution in [0, 0.1) is 5.92 Å². The minimum atomic E-state index is 0.821. The highest BCUT2D eigenvalue weighted by Crippen LogP contribution is 2.21. The Morgan fingerprint density at radius 2 is 2.27 bits per heavy atom. The Hall–Kier alpha value is -0.520. The topological polar surface area (TPSA) is 0 Å². The molecule has 1 aliphatic rings. The van der Waals surface area contributed by atoms with Crippen molar-refractivity contribution in [3.63, 3.8) is 0 Å². The molecule has 0 bridgehead atoms. The average molecular weight is 150 g/mol. The Kier molecular flexibility index (Phi) is 3.41. The van der Waals surface area contributed by atoms with E-state index in [4.69, 9.17) is 0 Å². The Morgan fingerprint density at radius 1 is 1.45 bits per heavy atom. The van der Waals surface area contributed by atoms with E-state index >= 15 is 0 Å². The molecule has 0 saturated carbocycles. The molecule has 0 aromatic heterocycles. The first-order chi connectivity index (χ1) is 5.36. The summed E-state index contributed by atoms with van der Waals surface area (Å²) in [5, 5.41) is 0. The molecule has 1 unspecified atom stereocenters. The maximum Gasteiger partial charge on any atom is -0.0196 e. The third-order valence-corrected chi connectivity index (χ3v) is 2.28. The fourth-order valence-corrected chi connectivity index (χ4v) is 1.56. The van der Waals surface area contributed by atoms with Crippen LogP contribution in [0.1, 0.15) is 39.5 Å². The third-order valence-electron chi connectivity index (χ3n) is 2.28. The zero-order valence-corrected chi connectivity index (χ0v) is 7.64. The molecule has 0 fully saturated rings. The van der Waals surface area contributed by atoms with Crippen molar-refractivity contribution in [2.24, 2.45) is 5.92 Å². The first-order valence-corrected chi connectivity index (χ1v) is 4.74. The van der Waals surface area contributed by atoms with Gasteiger partial charge in [-0.2, -0.15) is 0 Å². The molecule has 0 spiro atoms. The first kappa shape index (κ1) is 8.58. The molecule has 0 aromatic carbocycles. The summed E-state index contributed by atoms with van der Waals surface area (Å²) in [5.74, 6) is 0.821. The van der Waals surface area contributed by atoms with Crippen LogP contribution in [-0.2, 0) is 0 Å². The van der Waals surface area contributed by atoms with Crippen LogP contribution in [0.3, 0.4) is 0 Å². The van der Waals surface area contributed by atoms with Crippen LogP contribution in [0.15, 0.2) is 23.8 Å². The van der Waals surface area contributed by atoms with Crippen LogP contribution in [0.4, 0.5) is 0 Å². The van der Waals surface area contributed by atoms with Crippen molar-refractivity contribution in [3.8, 4) is 0 Å². The predicted octanol–water partition coefficient (Wildman–Crippen LogP) is 3.70. The quantitative estimate of drug-likeness (QED) is 0.575. The predicted molar refractivity (Wildman–Crippen MR) is 50.5 cm³/mol. The average Bonchev–Trinajstić information content (AvgIpc) is 2.06. The largest absolute Gasteiger partial charge is 0.0837 e. The van der Waals surface area contributed by atoms with Crippen molar-refractivity contribution >= 4 is 0 Å². The van der Waals surface area contributed by atoms with E-state index in [1.807, 2.05) is 0 Å². The van der Waals surface area contributed by atoms with Crippen LogP contribution in [0.5, 0.6) is 0 Å². The van der Waals surface area contributed by atoms with E-state index in [2.05, 4.69) is 32.1 Å². The van der Waals surface area contributed by atoms with Crippen molar-refractivity contribution in [3.05, 3.63) is 23.8 Å². The van der Waals surface area contributed by atoms with E-state index in [1.165, 1.54) is 25.7 Å². The lowest BCUT2D eigenvalue weighted by atomic mass is 9.92. The monoisotopic (exact) mass is 150 g/mol. The van der Waals surface area contributed by atoms with Gasteiger partial charge in [-0.25, -0.2) is 0 Å². The summed E-state index contributed by atoms with van der Waals surface area (Å²) in [6.45, 7) is 4.51. The maximum absolute atomic E-state index is 2.45. The Labute approximate surface area is 70.0 Å². The molecule has 11 heavy (non-hydrogen) atoms. The summed E-state index contributed by atoms with van der Waals surface area (Å²) in [4.78, 5) is 0. The highest BCUT2D eigenvalue weighted by molar-refractivity contribution is 5.23. The molecule has 1 atom stereocenters. The molecule has 0 heterocycles. The fraction of sp³-hybridized carbons (Fsp3) is 0.636. The number of rotatable bonds is 3. The molecule has 1 rings (SSSR count). The molecular weight excluding hydrogens is 132 g/mol. The van der Waals surface area contributed by atoms with Gasteiger partial charge in [0, 0.05) is 0 Å². The highest BCUT2D eigenvalue weighted by atomic mass is 14.1. The standard InChI is InChI=1S/C11H18/c1-3-6-11-8-5-7-10(4-2)9-11/h5,8-10H,3-4,6-7H2,1-2H3. The smallest absolute Gasteiger partial charge is 0.0196 e. The fourth-order valence-electron chi connectivity index (χ4n) is 1.56. The van der Waals surface area contributed by atoms with E-state index in [1.54, 1.807) is 5.57 Å². The third kappa shape index (κ3) is 2.53. The molecule has 0 radical (unpaired) electrons. The Balaban J connectivity index is 2.49. The lowest BCUT2D eigenvalue weighted by molar-refractivity contribution is 0.623. The summed E-state index contributed by atoms with van der Waals surface area (Å²) in [6, 6.07) is 0. The second-order valence-electron chi connectivity index (χ2n) is 3.30. The maximum atomic E-state index is 2.45. The van der Waals surface area contributed by atoms with Gasteiger partial charge in [0.25, 0.3) is 0 Å². The molecule has 0 nitrogen and oxygen atoms in total. The van der Waals surface area contributed by atoms with Gasteiger partial charge in [0.15, 0.2) is 0 Å². The molecule has 62 valence electrons. The van der Waals surface area contributed by atoms with E-state index < -0.39 is 0 Å². The minimum Gasteiger partial charge on any atom is -0.0837 e. The van der Waals surface area contributed by atoms with Gasteiger partial charge in [0.2, 0.25) is 0 Å². The van der Waals surface area contributed by atoms with Crippen LogP contribution in [0.25, 0.3) is 0 Å². The molecule has 0 N–H and O–H groups in total. The van der Waals surface area contributed by atoms with E-state index in [9.17, 15) is 0 Å². The number of hydrogen-bond acceptors (Lipinski definition) is 0. The Morgan fingerprint density at radius 3 is 2.91 bits per heavy atom. The van der Waals surface area contributed by atoms with Crippen LogP contribution >= 0.6 is 0 Å². The van der Waals surface area contributed by atoms with Crippen molar-refractivity contribution in [1.29, 1.82) is 0 Å². The van der Waals surface area contributed by atoms with Gasteiger partial charge in [-0.05, 0) is 25.2 Å². The van der Waals surface area contributed by atoms with Crippen molar-refractivity contribution < 1.29 is 0 Å². The van der Waals surface area contributed by atoms with Gasteiger partial charge < -0.3 is 0 Å². The molecule has 0 amide bonds. The molecular formula is C11H18. The Bertz CT molecular complexity index is 163. The van der Waals surface area contributed by atoms with Gasteiger partial charge in [0.1, 0.15) is 0 Å². The van der Waals surface area contributed by atoms with Gasteiger partial charge >= 0.3 is 0 Å². The molecule has 0 heteroatoms. The van der Waals surface area contributed by atoms with Crippen molar-refractivity contribution in [1.82, 2.24) is 0 Å². The molecule has 0 aromatic rings. The van der Waals surface area contributed by atoms with E-state index in [0.29, 0.717) is 0 Å². The van der Waals surface area contributed by atoms with Crippen molar-refractivity contribution in [2.45, 2.75) is 39.5 Å². The highest BCUT2D eigenvalue weighted by Gasteiger charge is 2.05. The molecule has 0 saturated heterocycles. The van der Waals surface area contributed by atoms with Crippen LogP contribution in [0.2, 0.25) is 0 Å².